The van der Waals surface area contributed by atoms with E-state index < -0.39 is 0 Å². The number of carbonyl (C=O) groups excluding carboxylic acids is 1. The first-order chi connectivity index (χ1) is 12.1. The first kappa shape index (κ1) is 17.0. The molecule has 0 aliphatic carbocycles. The van der Waals surface area contributed by atoms with Crippen molar-refractivity contribution >= 4 is 22.4 Å². The third-order valence-corrected chi connectivity index (χ3v) is 4.48. The van der Waals surface area contributed by atoms with Crippen molar-refractivity contribution in [1.29, 1.82) is 0 Å². The number of aryl methyl sites for hydroxylation is 1. The third kappa shape index (κ3) is 3.80. The summed E-state index contributed by atoms with van der Waals surface area (Å²) >= 11 is 1.38. The monoisotopic (exact) mass is 354 g/mol. The molecule has 0 fully saturated rings. The zero-order chi connectivity index (χ0) is 17.8. The molecule has 1 N–H and O–H groups in total. The first-order valence-electron chi connectivity index (χ1n) is 7.66. The van der Waals surface area contributed by atoms with Crippen LogP contribution in [0.25, 0.3) is 11.3 Å². The highest BCUT2D eigenvalue weighted by molar-refractivity contribution is 7.14. The lowest BCUT2D eigenvalue weighted by Crippen LogP contribution is -2.11. The van der Waals surface area contributed by atoms with Crippen molar-refractivity contribution in [3.05, 3.63) is 59.0 Å². The van der Waals surface area contributed by atoms with Crippen molar-refractivity contribution < 1.29 is 14.3 Å². The van der Waals surface area contributed by atoms with Gasteiger partial charge in [-0.25, -0.2) is 4.98 Å². The van der Waals surface area contributed by atoms with Crippen LogP contribution in [0.15, 0.2) is 47.8 Å². The van der Waals surface area contributed by atoms with Gasteiger partial charge in [-0.2, -0.15) is 0 Å². The molecule has 0 aliphatic rings. The molecule has 0 spiro atoms. The minimum absolute atomic E-state index is 0.173. The van der Waals surface area contributed by atoms with Crippen LogP contribution in [0.4, 0.5) is 5.13 Å². The van der Waals surface area contributed by atoms with Crippen molar-refractivity contribution in [1.82, 2.24) is 4.98 Å². The number of anilines is 1. The van der Waals surface area contributed by atoms with E-state index in [1.165, 1.54) is 11.3 Å². The van der Waals surface area contributed by atoms with Gasteiger partial charge in [0.25, 0.3) is 5.91 Å². The fraction of sp³-hybridized carbons (Fsp3) is 0.158. The fourth-order valence-corrected chi connectivity index (χ4v) is 3.05. The zero-order valence-corrected chi connectivity index (χ0v) is 15.0. The van der Waals surface area contributed by atoms with E-state index in [0.29, 0.717) is 22.2 Å². The summed E-state index contributed by atoms with van der Waals surface area (Å²) in [6.07, 6.45) is 0. The van der Waals surface area contributed by atoms with Gasteiger partial charge in [-0.3, -0.25) is 10.1 Å². The normalized spacial score (nSPS) is 10.4. The lowest BCUT2D eigenvalue weighted by Gasteiger charge is -2.08. The summed E-state index contributed by atoms with van der Waals surface area (Å²) in [5.74, 6) is 1.13. The maximum Gasteiger partial charge on any atom is 0.257 e. The fourth-order valence-electron chi connectivity index (χ4n) is 2.33. The van der Waals surface area contributed by atoms with Crippen molar-refractivity contribution in [2.45, 2.75) is 6.92 Å². The number of amides is 1. The summed E-state index contributed by atoms with van der Waals surface area (Å²) in [7, 11) is 3.19. The van der Waals surface area contributed by atoms with Crippen molar-refractivity contribution in [3.8, 4) is 22.8 Å². The molecule has 0 unspecified atom stereocenters. The molecule has 0 atom stereocenters. The number of thiazole rings is 1. The Morgan fingerprint density at radius 3 is 2.44 bits per heavy atom. The Morgan fingerprint density at radius 1 is 1.04 bits per heavy atom. The average molecular weight is 354 g/mol. The minimum Gasteiger partial charge on any atom is -0.493 e. The van der Waals surface area contributed by atoms with Gasteiger partial charge in [0.2, 0.25) is 0 Å². The Kier molecular flexibility index (Phi) is 5.00. The predicted molar refractivity (Wildman–Crippen MR) is 99.8 cm³/mol. The van der Waals surface area contributed by atoms with Crippen LogP contribution in [0.1, 0.15) is 15.9 Å². The van der Waals surface area contributed by atoms with Gasteiger partial charge >= 0.3 is 0 Å². The number of nitrogens with one attached hydrogen (secondary N) is 1. The molecule has 0 aliphatic heterocycles. The second kappa shape index (κ2) is 7.36. The highest BCUT2D eigenvalue weighted by atomic mass is 32.1. The molecule has 3 aromatic rings. The largest absolute Gasteiger partial charge is 0.493 e. The average Bonchev–Trinajstić information content (AvgIpc) is 3.10. The van der Waals surface area contributed by atoms with Gasteiger partial charge in [-0.1, -0.05) is 17.7 Å². The van der Waals surface area contributed by atoms with E-state index >= 15 is 0 Å². The van der Waals surface area contributed by atoms with E-state index in [-0.39, 0.29) is 5.91 Å². The number of aromatic nitrogens is 1. The first-order valence-corrected chi connectivity index (χ1v) is 8.54. The number of hydrogen-bond donors (Lipinski definition) is 1. The van der Waals surface area contributed by atoms with Crippen molar-refractivity contribution in [2.24, 2.45) is 0 Å². The minimum atomic E-state index is -0.173. The van der Waals surface area contributed by atoms with E-state index in [9.17, 15) is 4.79 Å². The molecule has 25 heavy (non-hydrogen) atoms. The van der Waals surface area contributed by atoms with Gasteiger partial charge in [-0.15, -0.1) is 11.3 Å². The SMILES string of the molecule is COc1ccc(-c2csc(NC(=O)c3ccc(C)cc3)n2)cc1OC. The van der Waals surface area contributed by atoms with Crippen LogP contribution < -0.4 is 14.8 Å². The van der Waals surface area contributed by atoms with E-state index in [4.69, 9.17) is 9.47 Å². The molecule has 3 rings (SSSR count). The maximum atomic E-state index is 12.3. The quantitative estimate of drug-likeness (QED) is 0.738. The molecule has 1 heterocycles. The van der Waals surface area contributed by atoms with Crippen LogP contribution in [0, 0.1) is 6.92 Å². The summed E-state index contributed by atoms with van der Waals surface area (Å²) in [4.78, 5) is 16.8. The lowest BCUT2D eigenvalue weighted by molar-refractivity contribution is 0.102. The van der Waals surface area contributed by atoms with E-state index in [1.807, 2.05) is 42.6 Å². The van der Waals surface area contributed by atoms with Crippen LogP contribution in [-0.2, 0) is 0 Å². The number of carbonyl (C=O) groups is 1. The number of methoxy groups -OCH3 is 2. The van der Waals surface area contributed by atoms with E-state index in [0.717, 1.165) is 16.8 Å². The van der Waals surface area contributed by atoms with Crippen LogP contribution >= 0.6 is 11.3 Å². The van der Waals surface area contributed by atoms with Crippen LogP contribution in [0.2, 0.25) is 0 Å². The molecular weight excluding hydrogens is 336 g/mol. The molecule has 1 amide bonds. The predicted octanol–water partition coefficient (Wildman–Crippen LogP) is 4.39. The van der Waals surface area contributed by atoms with Gasteiger partial charge in [0.1, 0.15) is 0 Å². The molecule has 128 valence electrons. The van der Waals surface area contributed by atoms with E-state index in [1.54, 1.807) is 26.4 Å². The Balaban J connectivity index is 1.78. The van der Waals surface area contributed by atoms with Crippen molar-refractivity contribution in [3.63, 3.8) is 0 Å². The highest BCUT2D eigenvalue weighted by Gasteiger charge is 2.12. The van der Waals surface area contributed by atoms with Gasteiger partial charge in [-0.05, 0) is 37.3 Å². The van der Waals surface area contributed by atoms with Crippen LogP contribution in [-0.4, -0.2) is 25.1 Å². The summed E-state index contributed by atoms with van der Waals surface area (Å²) in [5, 5.41) is 5.28. The summed E-state index contributed by atoms with van der Waals surface area (Å²) in [5.41, 5.74) is 3.38. The Bertz CT molecular complexity index is 888. The van der Waals surface area contributed by atoms with Crippen molar-refractivity contribution in [2.75, 3.05) is 19.5 Å². The number of hydrogen-bond acceptors (Lipinski definition) is 5. The Hall–Kier alpha value is -2.86. The second-order valence-corrected chi connectivity index (χ2v) is 6.29. The van der Waals surface area contributed by atoms with Gasteiger partial charge in [0.15, 0.2) is 16.6 Å². The Labute approximate surface area is 150 Å². The second-order valence-electron chi connectivity index (χ2n) is 5.43. The number of rotatable bonds is 5. The molecular formula is C19H18N2O3S. The topological polar surface area (TPSA) is 60.5 Å². The van der Waals surface area contributed by atoms with Gasteiger partial charge in [0, 0.05) is 16.5 Å². The lowest BCUT2D eigenvalue weighted by atomic mass is 10.1. The van der Waals surface area contributed by atoms with E-state index in [2.05, 4.69) is 10.3 Å². The third-order valence-electron chi connectivity index (χ3n) is 3.72. The zero-order valence-electron chi connectivity index (χ0n) is 14.2. The van der Waals surface area contributed by atoms with Gasteiger partial charge in [0.05, 0.1) is 19.9 Å². The summed E-state index contributed by atoms with van der Waals surface area (Å²) in [6.45, 7) is 1.98. The number of benzene rings is 2. The molecule has 0 radical (unpaired) electrons. The molecule has 1 aromatic heterocycles. The molecule has 6 heteroatoms. The smallest absolute Gasteiger partial charge is 0.257 e. The number of ether oxygens (including phenoxy) is 2. The number of nitrogens with zero attached hydrogens (tertiary/aromatic N) is 1. The van der Waals surface area contributed by atoms with Gasteiger partial charge < -0.3 is 9.47 Å². The summed E-state index contributed by atoms with van der Waals surface area (Å²) < 4.78 is 10.6. The molecule has 5 nitrogen and oxygen atoms in total. The molecule has 0 saturated heterocycles. The highest BCUT2D eigenvalue weighted by Crippen LogP contribution is 2.33. The molecule has 0 saturated carbocycles. The maximum absolute atomic E-state index is 12.3. The van der Waals surface area contributed by atoms with Crippen LogP contribution in [0.5, 0.6) is 11.5 Å². The standard InChI is InChI=1S/C19H18N2O3S/c1-12-4-6-13(7-5-12)18(22)21-19-20-15(11-25-19)14-8-9-16(23-2)17(10-14)24-3/h4-11H,1-3H3,(H,20,21,22). The molecule has 0 bridgehead atoms. The van der Waals surface area contributed by atoms with Crippen LogP contribution in [0.3, 0.4) is 0 Å². The summed E-state index contributed by atoms with van der Waals surface area (Å²) in [6, 6.07) is 13.0. The Morgan fingerprint density at radius 2 is 1.76 bits per heavy atom. The molecule has 2 aromatic carbocycles.